The largest absolute Gasteiger partial charge is 0.497 e. The van der Waals surface area contributed by atoms with E-state index >= 15 is 0 Å². The van der Waals surface area contributed by atoms with Gasteiger partial charge in [0.1, 0.15) is 17.4 Å². The van der Waals surface area contributed by atoms with E-state index in [-0.39, 0.29) is 0 Å². The summed E-state index contributed by atoms with van der Waals surface area (Å²) in [4.78, 5) is 9.07. The minimum atomic E-state index is 0.543. The number of aromatic nitrogens is 4. The number of aryl methyl sites for hydroxylation is 2. The average molecular weight is 305 g/mol. The van der Waals surface area contributed by atoms with E-state index in [9.17, 15) is 0 Å². The fourth-order valence-electron chi connectivity index (χ4n) is 2.43. The first-order valence-corrected chi connectivity index (χ1v) is 7.31. The lowest BCUT2D eigenvalue weighted by Crippen LogP contribution is -2.09. The summed E-state index contributed by atoms with van der Waals surface area (Å²) >= 11 is 5.91. The number of hydrogen-bond acceptors (Lipinski definition) is 3. The van der Waals surface area contributed by atoms with Gasteiger partial charge in [-0.15, -0.1) is 11.6 Å². The second kappa shape index (κ2) is 5.77. The van der Waals surface area contributed by atoms with Crippen LogP contribution >= 0.6 is 11.6 Å². The van der Waals surface area contributed by atoms with Crippen LogP contribution in [0, 0.1) is 0 Å². The van der Waals surface area contributed by atoms with Crippen molar-refractivity contribution in [3.63, 3.8) is 0 Å². The van der Waals surface area contributed by atoms with Gasteiger partial charge in [0.05, 0.1) is 24.7 Å². The Morgan fingerprint density at radius 1 is 1.29 bits per heavy atom. The number of ether oxygens (including phenoxy) is 1. The molecule has 0 fully saturated rings. The number of methoxy groups -OCH3 is 1. The van der Waals surface area contributed by atoms with Crippen LogP contribution in [0.4, 0.5) is 0 Å². The number of fused-ring (bicyclic) bond motifs is 1. The third-order valence-corrected chi connectivity index (χ3v) is 3.76. The van der Waals surface area contributed by atoms with Gasteiger partial charge in [-0.25, -0.2) is 9.97 Å². The van der Waals surface area contributed by atoms with Crippen molar-refractivity contribution < 1.29 is 4.74 Å². The molecule has 5 nitrogen and oxygen atoms in total. The summed E-state index contributed by atoms with van der Waals surface area (Å²) in [7, 11) is 3.65. The predicted octanol–water partition coefficient (Wildman–Crippen LogP) is 2.61. The average Bonchev–Trinajstić information content (AvgIpc) is 3.04. The molecule has 0 spiro atoms. The Bertz CT molecular complexity index is 762. The van der Waals surface area contributed by atoms with E-state index in [2.05, 4.69) is 14.5 Å². The van der Waals surface area contributed by atoms with Gasteiger partial charge in [-0.3, -0.25) is 0 Å². The molecule has 0 bridgehead atoms. The molecule has 2 heterocycles. The van der Waals surface area contributed by atoms with Crippen molar-refractivity contribution in [2.75, 3.05) is 13.0 Å². The third kappa shape index (κ3) is 2.61. The Kier molecular flexibility index (Phi) is 3.84. The van der Waals surface area contributed by atoms with E-state index in [4.69, 9.17) is 16.3 Å². The SMILES string of the molecule is COc1ccc2c(c1)nc(CCCl)n2Cc1nccn1C. The van der Waals surface area contributed by atoms with Crippen molar-refractivity contribution in [2.45, 2.75) is 13.0 Å². The van der Waals surface area contributed by atoms with Crippen molar-refractivity contribution in [3.05, 3.63) is 42.2 Å². The Morgan fingerprint density at radius 3 is 2.81 bits per heavy atom. The van der Waals surface area contributed by atoms with Gasteiger partial charge in [-0.1, -0.05) is 0 Å². The van der Waals surface area contributed by atoms with E-state index in [1.807, 2.05) is 36.0 Å². The first-order valence-electron chi connectivity index (χ1n) is 6.78. The number of halogens is 1. The zero-order chi connectivity index (χ0) is 14.8. The zero-order valence-corrected chi connectivity index (χ0v) is 12.8. The van der Waals surface area contributed by atoms with Gasteiger partial charge in [-0.05, 0) is 12.1 Å². The topological polar surface area (TPSA) is 44.9 Å². The summed E-state index contributed by atoms with van der Waals surface area (Å²) in [5.41, 5.74) is 1.99. The molecule has 0 amide bonds. The highest BCUT2D eigenvalue weighted by molar-refractivity contribution is 6.17. The monoisotopic (exact) mass is 304 g/mol. The van der Waals surface area contributed by atoms with Crippen LogP contribution in [0.25, 0.3) is 11.0 Å². The summed E-state index contributed by atoms with van der Waals surface area (Å²) < 4.78 is 9.44. The lowest BCUT2D eigenvalue weighted by atomic mass is 10.3. The van der Waals surface area contributed by atoms with Crippen molar-refractivity contribution in [2.24, 2.45) is 7.05 Å². The maximum atomic E-state index is 5.91. The Hall–Kier alpha value is -2.01. The van der Waals surface area contributed by atoms with Gasteiger partial charge in [0, 0.05) is 37.8 Å². The minimum Gasteiger partial charge on any atom is -0.497 e. The minimum absolute atomic E-state index is 0.543. The number of hydrogen-bond donors (Lipinski definition) is 0. The van der Waals surface area contributed by atoms with Gasteiger partial charge in [-0.2, -0.15) is 0 Å². The molecule has 0 N–H and O–H groups in total. The predicted molar refractivity (Wildman–Crippen MR) is 83.0 cm³/mol. The van der Waals surface area contributed by atoms with E-state index < -0.39 is 0 Å². The molecule has 3 aromatic rings. The number of alkyl halides is 1. The molecule has 6 heteroatoms. The molecule has 0 unspecified atom stereocenters. The van der Waals surface area contributed by atoms with Crippen molar-refractivity contribution >= 4 is 22.6 Å². The molecule has 1 aromatic carbocycles. The molecule has 0 atom stereocenters. The fraction of sp³-hybridized carbons (Fsp3) is 0.333. The molecule has 3 rings (SSSR count). The molecule has 21 heavy (non-hydrogen) atoms. The third-order valence-electron chi connectivity index (χ3n) is 3.57. The van der Waals surface area contributed by atoms with E-state index in [1.165, 1.54) is 0 Å². The molecule has 110 valence electrons. The number of imidazole rings is 2. The first-order chi connectivity index (χ1) is 10.2. The number of nitrogens with zero attached hydrogens (tertiary/aromatic N) is 4. The molecule has 0 saturated heterocycles. The summed E-state index contributed by atoms with van der Waals surface area (Å²) in [5.74, 6) is 3.31. The summed E-state index contributed by atoms with van der Waals surface area (Å²) in [6.07, 6.45) is 4.47. The number of rotatable bonds is 5. The Morgan fingerprint density at radius 2 is 2.14 bits per heavy atom. The van der Waals surface area contributed by atoms with Crippen LogP contribution in [0.1, 0.15) is 11.6 Å². The summed E-state index contributed by atoms with van der Waals surface area (Å²) in [5, 5.41) is 0. The van der Waals surface area contributed by atoms with Gasteiger partial charge in [0.25, 0.3) is 0 Å². The zero-order valence-electron chi connectivity index (χ0n) is 12.1. The maximum absolute atomic E-state index is 5.91. The van der Waals surface area contributed by atoms with Crippen LogP contribution in [0.15, 0.2) is 30.6 Å². The second-order valence-electron chi connectivity index (χ2n) is 4.86. The molecule has 2 aromatic heterocycles. The van der Waals surface area contributed by atoms with Crippen molar-refractivity contribution in [3.8, 4) is 5.75 Å². The molecule has 0 aliphatic rings. The quantitative estimate of drug-likeness (QED) is 0.681. The summed E-state index contributed by atoms with van der Waals surface area (Å²) in [6, 6.07) is 5.92. The van der Waals surface area contributed by atoms with Crippen molar-refractivity contribution in [1.82, 2.24) is 19.1 Å². The summed E-state index contributed by atoms with van der Waals surface area (Å²) in [6.45, 7) is 0.679. The van der Waals surface area contributed by atoms with E-state index in [0.717, 1.165) is 34.9 Å². The lowest BCUT2D eigenvalue weighted by Gasteiger charge is -2.08. The highest BCUT2D eigenvalue weighted by atomic mass is 35.5. The van der Waals surface area contributed by atoms with Gasteiger partial charge >= 0.3 is 0 Å². The van der Waals surface area contributed by atoms with E-state index in [1.54, 1.807) is 13.3 Å². The normalized spacial score (nSPS) is 11.2. The fourth-order valence-corrected chi connectivity index (χ4v) is 2.60. The first kappa shape index (κ1) is 13.9. The lowest BCUT2D eigenvalue weighted by molar-refractivity contribution is 0.415. The second-order valence-corrected chi connectivity index (χ2v) is 5.24. The standard InChI is InChI=1S/C15H17ClN4O/c1-19-8-7-17-15(19)10-20-13-4-3-11(21-2)9-12(13)18-14(20)5-6-16/h3-4,7-9H,5-6,10H2,1-2H3. The molecule has 0 aliphatic carbocycles. The Balaban J connectivity index is 2.09. The number of benzene rings is 1. The Labute approximate surface area is 128 Å². The van der Waals surface area contributed by atoms with Crippen molar-refractivity contribution in [1.29, 1.82) is 0 Å². The highest BCUT2D eigenvalue weighted by Crippen LogP contribution is 2.23. The maximum Gasteiger partial charge on any atom is 0.128 e. The van der Waals surface area contributed by atoms with Crippen LogP contribution < -0.4 is 4.74 Å². The highest BCUT2D eigenvalue weighted by Gasteiger charge is 2.13. The molecular formula is C15H17ClN4O. The molecule has 0 aliphatic heterocycles. The smallest absolute Gasteiger partial charge is 0.128 e. The van der Waals surface area contributed by atoms with Gasteiger partial charge < -0.3 is 13.9 Å². The molecular weight excluding hydrogens is 288 g/mol. The van der Waals surface area contributed by atoms with Gasteiger partial charge in [0.2, 0.25) is 0 Å². The van der Waals surface area contributed by atoms with Crippen LogP contribution in [0.3, 0.4) is 0 Å². The van der Waals surface area contributed by atoms with Gasteiger partial charge in [0.15, 0.2) is 0 Å². The van der Waals surface area contributed by atoms with Crippen LogP contribution in [-0.2, 0) is 20.0 Å². The molecule has 0 radical (unpaired) electrons. The van der Waals surface area contributed by atoms with Crippen LogP contribution in [0.2, 0.25) is 0 Å². The molecule has 0 saturated carbocycles. The van der Waals surface area contributed by atoms with Crippen LogP contribution in [-0.4, -0.2) is 32.1 Å². The van der Waals surface area contributed by atoms with E-state index in [0.29, 0.717) is 12.4 Å². The van der Waals surface area contributed by atoms with Crippen LogP contribution in [0.5, 0.6) is 5.75 Å².